The number of aromatic nitrogens is 4. The first-order valence-electron chi connectivity index (χ1n) is 7.47. The first-order valence-corrected chi connectivity index (χ1v) is 7.85. The predicted molar refractivity (Wildman–Crippen MR) is 82.6 cm³/mol. The summed E-state index contributed by atoms with van der Waals surface area (Å²) in [4.78, 5) is 12.3. The van der Waals surface area contributed by atoms with Crippen molar-refractivity contribution in [2.45, 2.75) is 45.8 Å². The number of hydrogen-bond donors (Lipinski definition) is 0. The lowest BCUT2D eigenvalue weighted by molar-refractivity contribution is 0.0366. The van der Waals surface area contributed by atoms with Gasteiger partial charge in [0.2, 0.25) is 0 Å². The van der Waals surface area contributed by atoms with E-state index in [1.165, 1.54) is 10.9 Å². The van der Waals surface area contributed by atoms with Gasteiger partial charge in [-0.1, -0.05) is 11.6 Å². The number of esters is 1. The van der Waals surface area contributed by atoms with E-state index in [-0.39, 0.29) is 17.4 Å². The third-order valence-corrected chi connectivity index (χ3v) is 4.02. The van der Waals surface area contributed by atoms with Gasteiger partial charge in [0.15, 0.2) is 11.5 Å². The van der Waals surface area contributed by atoms with Gasteiger partial charge in [0.05, 0.1) is 18.0 Å². The Labute approximate surface area is 138 Å². The van der Waals surface area contributed by atoms with Crippen molar-refractivity contribution in [2.75, 3.05) is 0 Å². The zero-order chi connectivity index (χ0) is 16.6. The quantitative estimate of drug-likeness (QED) is 0.805. The summed E-state index contributed by atoms with van der Waals surface area (Å²) in [6.45, 7) is 4.27. The van der Waals surface area contributed by atoms with E-state index in [2.05, 4.69) is 10.2 Å². The van der Waals surface area contributed by atoms with Crippen molar-refractivity contribution < 1.29 is 9.53 Å². The van der Waals surface area contributed by atoms with Crippen LogP contribution in [0.1, 0.15) is 48.4 Å². The van der Waals surface area contributed by atoms with Gasteiger partial charge in [-0.05, 0) is 33.1 Å². The molecule has 0 unspecified atom stereocenters. The first-order chi connectivity index (χ1) is 11.0. The minimum absolute atomic E-state index is 0.0542. The number of hydrogen-bond acceptors (Lipinski definition) is 5. The summed E-state index contributed by atoms with van der Waals surface area (Å²) < 4.78 is 8.35. The normalized spacial score (nSPS) is 13.7. The molecule has 0 aliphatic carbocycles. The van der Waals surface area contributed by atoms with E-state index < -0.39 is 5.97 Å². The van der Waals surface area contributed by atoms with Crippen molar-refractivity contribution >= 4 is 17.6 Å². The topological polar surface area (TPSA) is 85.7 Å². The molecule has 2 aromatic heterocycles. The molecule has 0 saturated carbocycles. The van der Waals surface area contributed by atoms with Crippen molar-refractivity contribution in [1.82, 2.24) is 19.6 Å². The number of nitrogens with zero attached hydrogens (tertiary/aromatic N) is 5. The maximum atomic E-state index is 12.3. The molecule has 0 spiro atoms. The standard InChI is InChI=1S/C15H16ClN5O2/c1-9(2)23-15(22)13-10(7-17)8-18-21(13)14-12(16)11-5-3-4-6-20(11)19-14/h8-9H,3-6H2,1-2H3. The van der Waals surface area contributed by atoms with Gasteiger partial charge >= 0.3 is 5.97 Å². The molecule has 1 aliphatic heterocycles. The van der Waals surface area contributed by atoms with Crippen LogP contribution >= 0.6 is 11.6 Å². The Morgan fingerprint density at radius 1 is 1.48 bits per heavy atom. The van der Waals surface area contributed by atoms with Crippen molar-refractivity contribution in [3.05, 3.63) is 28.2 Å². The Bertz CT molecular complexity index is 800. The van der Waals surface area contributed by atoms with Gasteiger partial charge in [-0.25, -0.2) is 9.48 Å². The summed E-state index contributed by atoms with van der Waals surface area (Å²) in [7, 11) is 0. The molecule has 0 N–H and O–H groups in total. The van der Waals surface area contributed by atoms with Crippen LogP contribution < -0.4 is 0 Å². The summed E-state index contributed by atoms with van der Waals surface area (Å²) >= 11 is 6.43. The van der Waals surface area contributed by atoms with E-state index in [0.717, 1.165) is 31.5 Å². The van der Waals surface area contributed by atoms with Crippen LogP contribution in [0.3, 0.4) is 0 Å². The molecule has 0 atom stereocenters. The zero-order valence-electron chi connectivity index (χ0n) is 12.9. The highest BCUT2D eigenvalue weighted by Gasteiger charge is 2.27. The van der Waals surface area contributed by atoms with E-state index in [4.69, 9.17) is 16.3 Å². The number of fused-ring (bicyclic) bond motifs is 1. The molecule has 0 radical (unpaired) electrons. The van der Waals surface area contributed by atoms with Gasteiger partial charge in [0.1, 0.15) is 16.7 Å². The van der Waals surface area contributed by atoms with E-state index >= 15 is 0 Å². The third kappa shape index (κ3) is 2.70. The molecule has 8 heteroatoms. The molecule has 120 valence electrons. The molecular weight excluding hydrogens is 318 g/mol. The van der Waals surface area contributed by atoms with E-state index in [1.807, 2.05) is 10.8 Å². The maximum Gasteiger partial charge on any atom is 0.358 e. The zero-order valence-corrected chi connectivity index (χ0v) is 13.7. The summed E-state index contributed by atoms with van der Waals surface area (Å²) in [5, 5.41) is 18.3. The van der Waals surface area contributed by atoms with Gasteiger partial charge in [-0.2, -0.15) is 15.5 Å². The number of rotatable bonds is 3. The van der Waals surface area contributed by atoms with Gasteiger partial charge < -0.3 is 4.74 Å². The lowest BCUT2D eigenvalue weighted by Crippen LogP contribution is -2.17. The largest absolute Gasteiger partial charge is 0.458 e. The van der Waals surface area contributed by atoms with Crippen molar-refractivity contribution in [3.8, 4) is 11.9 Å². The summed E-state index contributed by atoms with van der Waals surface area (Å²) in [5.41, 5.74) is 1.13. The van der Waals surface area contributed by atoms with E-state index in [9.17, 15) is 10.1 Å². The van der Waals surface area contributed by atoms with Crippen LogP contribution in [0.25, 0.3) is 5.82 Å². The van der Waals surface area contributed by atoms with Crippen molar-refractivity contribution in [3.63, 3.8) is 0 Å². The summed E-state index contributed by atoms with van der Waals surface area (Å²) in [6, 6.07) is 1.96. The van der Waals surface area contributed by atoms with Crippen LogP contribution in [0, 0.1) is 11.3 Å². The van der Waals surface area contributed by atoms with Crippen LogP contribution in [0.2, 0.25) is 5.02 Å². The fraction of sp³-hybridized carbons (Fsp3) is 0.467. The Hall–Kier alpha value is -2.33. The number of ether oxygens (including phenoxy) is 1. The van der Waals surface area contributed by atoms with Crippen LogP contribution in [0.15, 0.2) is 6.20 Å². The Kier molecular flexibility index (Phi) is 4.09. The molecule has 0 bridgehead atoms. The highest BCUT2D eigenvalue weighted by atomic mass is 35.5. The van der Waals surface area contributed by atoms with Gasteiger partial charge in [-0.15, -0.1) is 0 Å². The highest BCUT2D eigenvalue weighted by molar-refractivity contribution is 6.33. The molecule has 3 rings (SSSR count). The lowest BCUT2D eigenvalue weighted by atomic mass is 10.1. The second kappa shape index (κ2) is 6.05. The van der Waals surface area contributed by atoms with Crippen LogP contribution in [-0.2, 0) is 17.7 Å². The van der Waals surface area contributed by atoms with Crippen LogP contribution in [0.5, 0.6) is 0 Å². The second-order valence-electron chi connectivity index (χ2n) is 5.65. The maximum absolute atomic E-state index is 12.3. The van der Waals surface area contributed by atoms with Crippen molar-refractivity contribution in [1.29, 1.82) is 5.26 Å². The molecule has 7 nitrogen and oxygen atoms in total. The molecule has 0 amide bonds. The van der Waals surface area contributed by atoms with E-state index in [1.54, 1.807) is 13.8 Å². The monoisotopic (exact) mass is 333 g/mol. The van der Waals surface area contributed by atoms with Gasteiger partial charge in [-0.3, -0.25) is 4.68 Å². The van der Waals surface area contributed by atoms with Crippen LogP contribution in [0.4, 0.5) is 0 Å². The van der Waals surface area contributed by atoms with E-state index in [0.29, 0.717) is 10.8 Å². The minimum Gasteiger partial charge on any atom is -0.458 e. The summed E-state index contributed by atoms with van der Waals surface area (Å²) in [5.74, 6) is -0.253. The fourth-order valence-corrected chi connectivity index (χ4v) is 2.94. The van der Waals surface area contributed by atoms with Gasteiger partial charge in [0.25, 0.3) is 0 Å². The molecule has 0 aromatic carbocycles. The summed E-state index contributed by atoms with van der Waals surface area (Å²) in [6.07, 6.45) is 3.95. The molecular formula is C15H16ClN5O2. The number of aryl methyl sites for hydroxylation is 1. The number of halogens is 1. The lowest BCUT2D eigenvalue weighted by Gasteiger charge is -2.12. The Morgan fingerprint density at radius 2 is 2.26 bits per heavy atom. The molecule has 1 aliphatic rings. The van der Waals surface area contributed by atoms with Gasteiger partial charge in [0, 0.05) is 6.54 Å². The first kappa shape index (κ1) is 15.6. The molecule has 2 aromatic rings. The smallest absolute Gasteiger partial charge is 0.358 e. The predicted octanol–water partition coefficient (Wildman–Crippen LogP) is 2.50. The van der Waals surface area contributed by atoms with Crippen molar-refractivity contribution in [2.24, 2.45) is 0 Å². The minimum atomic E-state index is -0.615. The average molecular weight is 334 g/mol. The highest BCUT2D eigenvalue weighted by Crippen LogP contribution is 2.29. The van der Waals surface area contributed by atoms with Crippen LogP contribution in [-0.4, -0.2) is 31.6 Å². The Morgan fingerprint density at radius 3 is 2.91 bits per heavy atom. The Balaban J connectivity index is 2.11. The second-order valence-corrected chi connectivity index (χ2v) is 6.03. The average Bonchev–Trinajstić information content (AvgIpc) is 3.08. The fourth-order valence-electron chi connectivity index (χ4n) is 2.63. The number of carbonyl (C=O) groups is 1. The number of nitriles is 1. The molecule has 23 heavy (non-hydrogen) atoms. The number of carbonyl (C=O) groups excluding carboxylic acids is 1. The molecule has 3 heterocycles. The molecule has 0 fully saturated rings. The molecule has 0 saturated heterocycles. The SMILES string of the molecule is CC(C)OC(=O)c1c(C#N)cnn1-c1nn2c(c1Cl)CCCC2. The third-order valence-electron chi connectivity index (χ3n) is 3.64.